The lowest BCUT2D eigenvalue weighted by Gasteiger charge is -2.22. The number of hydrogen-bond acceptors (Lipinski definition) is 4. The van der Waals surface area contributed by atoms with E-state index in [0.717, 1.165) is 0 Å². The molecule has 0 radical (unpaired) electrons. The maximum atomic E-state index is 10.6. The molecule has 0 bridgehead atoms. The van der Waals surface area contributed by atoms with Gasteiger partial charge in [-0.15, -0.1) is 4.48 Å². The van der Waals surface area contributed by atoms with Gasteiger partial charge in [-0.05, 0) is 0 Å². The fraction of sp³-hybridized carbons (Fsp3) is 0.333. The second kappa shape index (κ2) is 4.37. The first-order valence-corrected chi connectivity index (χ1v) is 3.50. The van der Waals surface area contributed by atoms with Crippen molar-refractivity contribution in [2.45, 2.75) is 0 Å². The molecule has 0 aliphatic rings. The number of imide groups is 1. The van der Waals surface area contributed by atoms with E-state index in [9.17, 15) is 19.2 Å². The molecule has 0 aromatic carbocycles. The minimum absolute atomic E-state index is 1.35. The van der Waals surface area contributed by atoms with Gasteiger partial charge in [0.2, 0.25) is 0 Å². The molecule has 84 valence electrons. The summed E-state index contributed by atoms with van der Waals surface area (Å²) in [6.07, 6.45) is -4.10. The Bertz CT molecular complexity index is 289. The third kappa shape index (κ3) is 2.91. The number of nitrogens with zero attached hydrogens (tertiary/aromatic N) is 1. The molecule has 0 saturated carbocycles. The van der Waals surface area contributed by atoms with E-state index in [1.165, 1.54) is 0 Å². The number of carboxylic acid groups (broad SMARTS) is 4. The fourth-order valence-electron chi connectivity index (χ4n) is 0.870. The highest BCUT2D eigenvalue weighted by molar-refractivity contribution is 5.83. The van der Waals surface area contributed by atoms with Crippen LogP contribution in [0.5, 0.6) is 0 Å². The first kappa shape index (κ1) is 12.8. The zero-order valence-corrected chi connectivity index (χ0v) is 7.28. The van der Waals surface area contributed by atoms with Crippen LogP contribution in [0.3, 0.4) is 0 Å². The number of quaternary nitrogens is 1. The molecule has 4 N–H and O–H groups in total. The van der Waals surface area contributed by atoms with Crippen LogP contribution in [-0.2, 0) is 9.59 Å². The summed E-state index contributed by atoms with van der Waals surface area (Å²) < 4.78 is -2.09. The molecule has 0 aliphatic heterocycles. The predicted molar refractivity (Wildman–Crippen MR) is 41.3 cm³/mol. The maximum Gasteiger partial charge on any atom is 0.525 e. The number of hydrogen-bond donors (Lipinski definition) is 4. The highest BCUT2D eigenvalue weighted by Crippen LogP contribution is 2.08. The highest BCUT2D eigenvalue weighted by Gasteiger charge is 2.50. The minimum Gasteiger partial charge on any atom is -0.477 e. The van der Waals surface area contributed by atoms with Gasteiger partial charge in [-0.3, -0.25) is 0 Å². The molecule has 0 rings (SSSR count). The van der Waals surface area contributed by atoms with Crippen molar-refractivity contribution in [3.05, 3.63) is 0 Å². The molecule has 0 unspecified atom stereocenters. The molecule has 2 amide bonds. The summed E-state index contributed by atoms with van der Waals surface area (Å²) in [5, 5.41) is 33.8. The van der Waals surface area contributed by atoms with Gasteiger partial charge in [0.05, 0.1) is 0 Å². The Labute approximate surface area is 82.4 Å². The third-order valence-corrected chi connectivity index (χ3v) is 1.54. The topological polar surface area (TPSA) is 149 Å². The molecule has 9 heteroatoms. The molecule has 0 atom stereocenters. The van der Waals surface area contributed by atoms with Gasteiger partial charge in [0, 0.05) is 0 Å². The van der Waals surface area contributed by atoms with E-state index in [0.29, 0.717) is 0 Å². The fourth-order valence-corrected chi connectivity index (χ4v) is 0.870. The van der Waals surface area contributed by atoms with E-state index in [2.05, 4.69) is 0 Å². The average Bonchev–Trinajstić information content (AvgIpc) is 1.99. The summed E-state index contributed by atoms with van der Waals surface area (Å²) in [6, 6.07) is 0. The van der Waals surface area contributed by atoms with Crippen LogP contribution in [0.25, 0.3) is 0 Å². The van der Waals surface area contributed by atoms with Crippen molar-refractivity contribution < 1.29 is 44.1 Å². The van der Waals surface area contributed by atoms with Crippen molar-refractivity contribution in [1.82, 2.24) is 0 Å². The van der Waals surface area contributed by atoms with Gasteiger partial charge in [0.25, 0.3) is 0 Å². The Hall–Kier alpha value is -2.16. The Morgan fingerprint density at radius 1 is 0.733 bits per heavy atom. The quantitative estimate of drug-likeness (QED) is 0.457. The van der Waals surface area contributed by atoms with Crippen molar-refractivity contribution in [3.8, 4) is 0 Å². The first-order chi connectivity index (χ1) is 6.72. The van der Waals surface area contributed by atoms with E-state index in [4.69, 9.17) is 20.4 Å². The van der Waals surface area contributed by atoms with Crippen molar-refractivity contribution in [2.75, 3.05) is 13.1 Å². The lowest BCUT2D eigenvalue weighted by atomic mass is 10.4. The summed E-state index contributed by atoms with van der Waals surface area (Å²) in [4.78, 5) is 41.7. The normalized spacial score (nSPS) is 10.7. The zero-order chi connectivity index (χ0) is 12.2. The van der Waals surface area contributed by atoms with E-state index < -0.39 is 41.7 Å². The Morgan fingerprint density at radius 3 is 1.13 bits per heavy atom. The lowest BCUT2D eigenvalue weighted by molar-refractivity contribution is -0.769. The molecule has 15 heavy (non-hydrogen) atoms. The number of aliphatic carboxylic acids is 2. The second-order valence-electron chi connectivity index (χ2n) is 2.64. The molecule has 0 spiro atoms. The van der Waals surface area contributed by atoms with E-state index >= 15 is 0 Å². The number of rotatable bonds is 4. The van der Waals surface area contributed by atoms with Crippen LogP contribution < -0.4 is 0 Å². The largest absolute Gasteiger partial charge is 0.525 e. The lowest BCUT2D eigenvalue weighted by Crippen LogP contribution is -2.60. The summed E-state index contributed by atoms with van der Waals surface area (Å²) in [7, 11) is 0. The Kier molecular flexibility index (Phi) is 3.74. The SMILES string of the molecule is O=C(O)C[N+](CC(=O)O)(C(=O)O)C(=O)O. The summed E-state index contributed by atoms with van der Waals surface area (Å²) >= 11 is 0. The van der Waals surface area contributed by atoms with E-state index in [-0.39, 0.29) is 0 Å². The van der Waals surface area contributed by atoms with Crippen LogP contribution in [0.1, 0.15) is 0 Å². The standard InChI is InChI=1S/C6H7NO8/c8-3(9)1-7(5(12)13,6(14)15)2-4(10)11/h1-2H2,(H3-,8,9,10,11,12,13,14,15)/p+1. The molecular formula is C6H8NO8+. The van der Waals surface area contributed by atoms with E-state index in [1.54, 1.807) is 0 Å². The Morgan fingerprint density at radius 2 is 1.00 bits per heavy atom. The molecule has 0 heterocycles. The molecule has 9 nitrogen and oxygen atoms in total. The Balaban J connectivity index is 5.26. The van der Waals surface area contributed by atoms with Crippen molar-refractivity contribution in [1.29, 1.82) is 0 Å². The molecule has 0 saturated heterocycles. The molecule has 0 aromatic heterocycles. The van der Waals surface area contributed by atoms with Crippen molar-refractivity contribution in [3.63, 3.8) is 0 Å². The van der Waals surface area contributed by atoms with Gasteiger partial charge in [0.15, 0.2) is 13.1 Å². The van der Waals surface area contributed by atoms with Crippen LogP contribution in [0.4, 0.5) is 9.59 Å². The highest BCUT2D eigenvalue weighted by atomic mass is 16.5. The van der Waals surface area contributed by atoms with Crippen LogP contribution in [0.15, 0.2) is 0 Å². The van der Waals surface area contributed by atoms with Crippen LogP contribution in [0.2, 0.25) is 0 Å². The smallest absolute Gasteiger partial charge is 0.477 e. The van der Waals surface area contributed by atoms with Crippen molar-refractivity contribution in [2.24, 2.45) is 0 Å². The number of amides is 2. The minimum atomic E-state index is -2.09. The summed E-state index contributed by atoms with van der Waals surface area (Å²) in [5.74, 6) is -3.44. The average molecular weight is 222 g/mol. The first-order valence-electron chi connectivity index (χ1n) is 3.50. The molecule has 0 fully saturated rings. The molecular weight excluding hydrogens is 214 g/mol. The van der Waals surface area contributed by atoms with Crippen molar-refractivity contribution >= 4 is 24.1 Å². The van der Waals surface area contributed by atoms with Gasteiger partial charge in [0.1, 0.15) is 0 Å². The predicted octanol–water partition coefficient (Wildman–Crippen LogP) is -0.672. The zero-order valence-electron chi connectivity index (χ0n) is 7.28. The molecule has 0 aromatic rings. The number of carbonyl (C=O) groups is 4. The van der Waals surface area contributed by atoms with Crippen LogP contribution in [-0.4, -0.2) is 62.1 Å². The van der Waals surface area contributed by atoms with Gasteiger partial charge < -0.3 is 20.4 Å². The summed E-state index contributed by atoms with van der Waals surface area (Å²) in [6.45, 7) is -2.70. The van der Waals surface area contributed by atoms with Gasteiger partial charge in [-0.1, -0.05) is 0 Å². The van der Waals surface area contributed by atoms with Gasteiger partial charge in [-0.25, -0.2) is 9.59 Å². The molecule has 0 aliphatic carbocycles. The van der Waals surface area contributed by atoms with Gasteiger partial charge in [-0.2, -0.15) is 9.59 Å². The van der Waals surface area contributed by atoms with E-state index in [1.807, 2.05) is 0 Å². The van der Waals surface area contributed by atoms with Crippen LogP contribution in [0, 0.1) is 0 Å². The second-order valence-corrected chi connectivity index (χ2v) is 2.64. The van der Waals surface area contributed by atoms with Gasteiger partial charge >= 0.3 is 24.1 Å². The third-order valence-electron chi connectivity index (χ3n) is 1.54. The summed E-state index contributed by atoms with van der Waals surface area (Å²) in [5.41, 5.74) is 0. The maximum absolute atomic E-state index is 10.6. The monoisotopic (exact) mass is 222 g/mol. The number of carboxylic acids is 2. The van der Waals surface area contributed by atoms with Crippen LogP contribution >= 0.6 is 0 Å².